The van der Waals surface area contributed by atoms with Crippen molar-refractivity contribution in [2.75, 3.05) is 37.7 Å². The quantitative estimate of drug-likeness (QED) is 0.674. The van der Waals surface area contributed by atoms with E-state index in [1.807, 2.05) is 27.4 Å². The molecule has 1 aromatic rings. The summed E-state index contributed by atoms with van der Waals surface area (Å²) in [5.41, 5.74) is 4.26. The third kappa shape index (κ3) is 4.49. The molecule has 1 amide bonds. The maximum Gasteiger partial charge on any atom is 0.274 e. The van der Waals surface area contributed by atoms with Gasteiger partial charge < -0.3 is 4.90 Å². The van der Waals surface area contributed by atoms with E-state index in [2.05, 4.69) is 31.9 Å². The second kappa shape index (κ2) is 9.11. The first-order valence-electron chi connectivity index (χ1n) is 10.00. The Balaban J connectivity index is 1.88. The fraction of sp³-hybridized carbons (Fsp3) is 0.619. The molecule has 1 aliphatic carbocycles. The first-order chi connectivity index (χ1) is 13.0. The first-order valence-corrected chi connectivity index (χ1v) is 11.2. The second-order valence-electron chi connectivity index (χ2n) is 7.57. The molecule has 3 rings (SSSR count). The number of thioether (sulfide) groups is 1. The Morgan fingerprint density at radius 1 is 1.41 bits per heavy atom. The predicted molar refractivity (Wildman–Crippen MR) is 114 cm³/mol. The van der Waals surface area contributed by atoms with Crippen LogP contribution in [0.1, 0.15) is 42.0 Å². The highest BCUT2D eigenvalue weighted by Gasteiger charge is 2.33. The largest absolute Gasteiger partial charge is 0.336 e. The fourth-order valence-corrected chi connectivity index (χ4v) is 5.09. The Labute approximate surface area is 167 Å². The average molecular weight is 389 g/mol. The van der Waals surface area contributed by atoms with Crippen LogP contribution in [0.5, 0.6) is 0 Å². The van der Waals surface area contributed by atoms with Gasteiger partial charge in [-0.1, -0.05) is 25.2 Å². The van der Waals surface area contributed by atoms with E-state index in [-0.39, 0.29) is 5.91 Å². The smallest absolute Gasteiger partial charge is 0.274 e. The van der Waals surface area contributed by atoms with Crippen LogP contribution in [0, 0.1) is 0 Å². The van der Waals surface area contributed by atoms with E-state index in [4.69, 9.17) is 5.10 Å². The highest BCUT2D eigenvalue weighted by Crippen LogP contribution is 2.29. The van der Waals surface area contributed by atoms with Crippen LogP contribution in [0.4, 0.5) is 0 Å². The van der Waals surface area contributed by atoms with Crippen LogP contribution in [-0.2, 0) is 19.4 Å². The van der Waals surface area contributed by atoms with Crippen molar-refractivity contribution in [3.63, 3.8) is 0 Å². The summed E-state index contributed by atoms with van der Waals surface area (Å²) in [6.07, 6.45) is 4.84. The topological polar surface area (TPSA) is 41.4 Å². The molecule has 148 valence electrons. The van der Waals surface area contributed by atoms with Crippen LogP contribution in [0.15, 0.2) is 24.8 Å². The van der Waals surface area contributed by atoms with Crippen molar-refractivity contribution in [3.8, 4) is 0 Å². The number of amides is 1. The minimum Gasteiger partial charge on any atom is -0.336 e. The molecule has 6 heteroatoms. The average Bonchev–Trinajstić information content (AvgIpc) is 3.04. The summed E-state index contributed by atoms with van der Waals surface area (Å²) in [7, 11) is 0. The molecule has 0 N–H and O–H groups in total. The van der Waals surface area contributed by atoms with Gasteiger partial charge in [-0.05, 0) is 32.7 Å². The summed E-state index contributed by atoms with van der Waals surface area (Å²) in [6.45, 7) is 16.5. The molecular formula is C21H32N4OS. The number of allylic oxidation sites excluding steroid dienone is 1. The van der Waals surface area contributed by atoms with Gasteiger partial charge in [-0.3, -0.25) is 14.4 Å². The van der Waals surface area contributed by atoms with Gasteiger partial charge in [0, 0.05) is 48.4 Å². The number of hydrogen-bond donors (Lipinski definition) is 0. The highest BCUT2D eigenvalue weighted by molar-refractivity contribution is 7.99. The summed E-state index contributed by atoms with van der Waals surface area (Å²) in [6, 6.07) is 0.448. The Kier molecular flexibility index (Phi) is 6.82. The molecule has 2 aliphatic rings. The lowest BCUT2D eigenvalue weighted by Gasteiger charge is -2.34. The normalized spacial score (nSPS) is 19.8. The molecule has 1 saturated heterocycles. The minimum atomic E-state index is 0.109. The van der Waals surface area contributed by atoms with E-state index in [1.165, 1.54) is 11.3 Å². The molecule has 1 fully saturated rings. The van der Waals surface area contributed by atoms with Crippen molar-refractivity contribution in [1.29, 1.82) is 0 Å². The van der Waals surface area contributed by atoms with E-state index < -0.39 is 0 Å². The molecule has 1 aromatic heterocycles. The molecule has 0 spiro atoms. The van der Waals surface area contributed by atoms with Crippen molar-refractivity contribution < 1.29 is 4.79 Å². The number of nitrogens with zero attached hydrogens (tertiary/aromatic N) is 4. The highest BCUT2D eigenvalue weighted by atomic mass is 32.2. The number of aromatic nitrogens is 2. The molecule has 1 unspecified atom stereocenters. The van der Waals surface area contributed by atoms with E-state index in [9.17, 15) is 4.79 Å². The van der Waals surface area contributed by atoms with E-state index >= 15 is 0 Å². The second-order valence-corrected chi connectivity index (χ2v) is 8.79. The van der Waals surface area contributed by atoms with Crippen molar-refractivity contribution in [2.45, 2.75) is 45.7 Å². The van der Waals surface area contributed by atoms with Gasteiger partial charge in [0.15, 0.2) is 5.69 Å². The van der Waals surface area contributed by atoms with Crippen LogP contribution >= 0.6 is 11.8 Å². The van der Waals surface area contributed by atoms with Crippen LogP contribution < -0.4 is 0 Å². The molecule has 0 aromatic carbocycles. The van der Waals surface area contributed by atoms with Crippen molar-refractivity contribution >= 4 is 17.7 Å². The van der Waals surface area contributed by atoms with E-state index in [1.54, 1.807) is 0 Å². The number of carbonyl (C=O) groups is 1. The van der Waals surface area contributed by atoms with Gasteiger partial charge in [-0.15, -0.1) is 6.58 Å². The molecule has 5 nitrogen and oxygen atoms in total. The first kappa shape index (κ1) is 20.2. The predicted octanol–water partition coefficient (Wildman–Crippen LogP) is 3.01. The molecular weight excluding hydrogens is 356 g/mol. The zero-order valence-electron chi connectivity index (χ0n) is 16.7. The van der Waals surface area contributed by atoms with Gasteiger partial charge in [0.2, 0.25) is 0 Å². The number of likely N-dealkylation sites (N-methyl/N-ethyl adjacent to an activating group) is 1. The van der Waals surface area contributed by atoms with E-state index in [0.717, 1.165) is 62.5 Å². The van der Waals surface area contributed by atoms with Crippen molar-refractivity contribution in [3.05, 3.63) is 41.8 Å². The molecule has 0 bridgehead atoms. The fourth-order valence-electron chi connectivity index (χ4n) is 4.19. The molecule has 1 atom stereocenters. The van der Waals surface area contributed by atoms with Crippen LogP contribution in [0.2, 0.25) is 0 Å². The lowest BCUT2D eigenvalue weighted by molar-refractivity contribution is 0.0763. The zero-order chi connectivity index (χ0) is 19.4. The monoisotopic (exact) mass is 388 g/mol. The van der Waals surface area contributed by atoms with Crippen LogP contribution in [-0.4, -0.2) is 69.2 Å². The van der Waals surface area contributed by atoms with Crippen LogP contribution in [0.3, 0.4) is 0 Å². The van der Waals surface area contributed by atoms with Gasteiger partial charge in [0.1, 0.15) is 0 Å². The minimum absolute atomic E-state index is 0.109. The summed E-state index contributed by atoms with van der Waals surface area (Å²) in [4.78, 5) is 17.7. The Morgan fingerprint density at radius 3 is 2.78 bits per heavy atom. The third-order valence-electron chi connectivity index (χ3n) is 5.52. The number of rotatable bonds is 7. The summed E-state index contributed by atoms with van der Waals surface area (Å²) < 4.78 is 2.00. The molecule has 0 saturated carbocycles. The third-order valence-corrected chi connectivity index (χ3v) is 6.46. The van der Waals surface area contributed by atoms with Crippen molar-refractivity contribution in [1.82, 2.24) is 19.6 Å². The Hall–Kier alpha value is -1.53. The SMILES string of the molecule is C=CCn1nc(C(=O)N2CCSCC2)c2c1CCC(N(CC)CC(=C)C)C2. The Bertz CT molecular complexity index is 705. The van der Waals surface area contributed by atoms with Gasteiger partial charge in [-0.2, -0.15) is 16.9 Å². The van der Waals surface area contributed by atoms with E-state index in [0.29, 0.717) is 18.3 Å². The zero-order valence-corrected chi connectivity index (χ0v) is 17.6. The molecule has 2 heterocycles. The molecule has 27 heavy (non-hydrogen) atoms. The van der Waals surface area contributed by atoms with Gasteiger partial charge in [0.25, 0.3) is 5.91 Å². The maximum atomic E-state index is 13.2. The summed E-state index contributed by atoms with van der Waals surface area (Å²) in [5.74, 6) is 2.15. The number of carbonyl (C=O) groups excluding carboxylic acids is 1. The Morgan fingerprint density at radius 2 is 2.15 bits per heavy atom. The standard InChI is InChI=1S/C21H32N4OS/c1-5-9-25-19-8-7-17(23(6-2)15-16(3)4)14-18(19)20(22-25)21(26)24-10-12-27-13-11-24/h5,17H,1,3,6-15H2,2,4H3. The van der Waals surface area contributed by atoms with Crippen molar-refractivity contribution in [2.24, 2.45) is 0 Å². The molecule has 0 radical (unpaired) electrons. The number of fused-ring (bicyclic) bond motifs is 1. The van der Waals surface area contributed by atoms with Gasteiger partial charge in [0.05, 0.1) is 6.54 Å². The van der Waals surface area contributed by atoms with Gasteiger partial charge in [-0.25, -0.2) is 0 Å². The van der Waals surface area contributed by atoms with Crippen LogP contribution in [0.25, 0.3) is 0 Å². The summed E-state index contributed by atoms with van der Waals surface area (Å²) >= 11 is 1.92. The molecule has 1 aliphatic heterocycles. The lowest BCUT2D eigenvalue weighted by Crippen LogP contribution is -2.41. The van der Waals surface area contributed by atoms with Gasteiger partial charge >= 0.3 is 0 Å². The lowest BCUT2D eigenvalue weighted by atomic mass is 9.89. The number of hydrogen-bond acceptors (Lipinski definition) is 4. The summed E-state index contributed by atoms with van der Waals surface area (Å²) in [5, 5.41) is 4.75. The maximum absolute atomic E-state index is 13.2.